The molecule has 0 aliphatic carbocycles. The molecule has 7 heteroatoms. The Labute approximate surface area is 183 Å². The van der Waals surface area contributed by atoms with Gasteiger partial charge in [-0.25, -0.2) is 18.5 Å². The van der Waals surface area contributed by atoms with Crippen LogP contribution in [-0.4, -0.2) is 30.6 Å². The Hall–Kier alpha value is -2.80. The summed E-state index contributed by atoms with van der Waals surface area (Å²) in [6.45, 7) is 8.91. The molecule has 2 fully saturated rings. The van der Waals surface area contributed by atoms with Crippen molar-refractivity contribution in [2.75, 3.05) is 13.2 Å². The second-order valence-electron chi connectivity index (χ2n) is 6.18. The van der Waals surface area contributed by atoms with Gasteiger partial charge in [0.1, 0.15) is 24.3 Å². The Morgan fingerprint density at radius 1 is 1.03 bits per heavy atom. The van der Waals surface area contributed by atoms with Crippen molar-refractivity contribution in [1.29, 1.82) is 0 Å². The maximum absolute atomic E-state index is 13.2. The van der Waals surface area contributed by atoms with Gasteiger partial charge in [0.2, 0.25) is 6.41 Å². The van der Waals surface area contributed by atoms with Crippen LogP contribution in [0.25, 0.3) is 0 Å². The summed E-state index contributed by atoms with van der Waals surface area (Å²) in [7, 11) is 0. The van der Waals surface area contributed by atoms with E-state index in [1.54, 1.807) is 0 Å². The minimum atomic E-state index is -0.575. The maximum atomic E-state index is 13.2. The molecule has 2 aromatic rings. The lowest BCUT2D eigenvalue weighted by atomic mass is 10.1. The summed E-state index contributed by atoms with van der Waals surface area (Å²) < 4.78 is 35.8. The second-order valence-corrected chi connectivity index (χ2v) is 6.18. The molecule has 2 heterocycles. The third-order valence-electron chi connectivity index (χ3n) is 4.45. The van der Waals surface area contributed by atoms with Gasteiger partial charge in [0, 0.05) is 18.2 Å². The quantitative estimate of drug-likeness (QED) is 0.538. The molecule has 0 radical (unpaired) electrons. The van der Waals surface area contributed by atoms with Crippen LogP contribution in [0.4, 0.5) is 13.6 Å². The van der Waals surface area contributed by atoms with Crippen molar-refractivity contribution in [3.8, 4) is 0 Å². The zero-order valence-electron chi connectivity index (χ0n) is 18.5. The summed E-state index contributed by atoms with van der Waals surface area (Å²) in [4.78, 5) is 22.8. The van der Waals surface area contributed by atoms with Crippen molar-refractivity contribution < 1.29 is 27.8 Å². The Morgan fingerprint density at radius 2 is 1.71 bits per heavy atom. The van der Waals surface area contributed by atoms with Crippen LogP contribution in [0.15, 0.2) is 48.5 Å². The zero-order valence-corrected chi connectivity index (χ0v) is 18.5. The monoisotopic (exact) mass is 435 g/mol. The number of carbonyl (C=O) groups excluding carboxylic acids is 2. The average molecular weight is 436 g/mol. The molecule has 4 rings (SSSR count). The summed E-state index contributed by atoms with van der Waals surface area (Å²) in [5.41, 5.74) is 1.38. The number of hydrogen-bond donors (Lipinski definition) is 0. The van der Waals surface area contributed by atoms with E-state index in [4.69, 9.17) is 9.47 Å². The van der Waals surface area contributed by atoms with Gasteiger partial charge in [-0.1, -0.05) is 64.1 Å². The van der Waals surface area contributed by atoms with Crippen molar-refractivity contribution in [2.24, 2.45) is 0 Å². The molecule has 2 amide bonds. The van der Waals surface area contributed by atoms with Crippen molar-refractivity contribution >= 4 is 12.5 Å². The second kappa shape index (κ2) is 14.2. The summed E-state index contributed by atoms with van der Waals surface area (Å²) >= 11 is 0. The van der Waals surface area contributed by atoms with E-state index >= 15 is 0 Å². The van der Waals surface area contributed by atoms with Crippen LogP contribution in [0.5, 0.6) is 0 Å². The first kappa shape index (κ1) is 26.2. The highest BCUT2D eigenvalue weighted by Crippen LogP contribution is 2.30. The van der Waals surface area contributed by atoms with E-state index in [9.17, 15) is 18.4 Å². The first-order chi connectivity index (χ1) is 15.1. The first-order valence-corrected chi connectivity index (χ1v) is 10.6. The number of ether oxygens (including phenoxy) is 2. The fourth-order valence-electron chi connectivity index (χ4n) is 3.07. The Kier molecular flexibility index (Phi) is 12.1. The van der Waals surface area contributed by atoms with Gasteiger partial charge < -0.3 is 9.47 Å². The molecule has 0 N–H and O–H groups in total. The van der Waals surface area contributed by atoms with Crippen LogP contribution in [-0.2, 0) is 14.3 Å². The Morgan fingerprint density at radius 3 is 2.26 bits per heavy atom. The molecule has 31 heavy (non-hydrogen) atoms. The van der Waals surface area contributed by atoms with E-state index < -0.39 is 17.7 Å². The van der Waals surface area contributed by atoms with Gasteiger partial charge >= 0.3 is 6.09 Å². The van der Waals surface area contributed by atoms with Gasteiger partial charge in [0.15, 0.2) is 0 Å². The molecular weight excluding hydrogens is 404 g/mol. The van der Waals surface area contributed by atoms with Gasteiger partial charge in [-0.2, -0.15) is 0 Å². The highest BCUT2D eigenvalue weighted by atomic mass is 19.1. The molecule has 0 saturated carbocycles. The highest BCUT2D eigenvalue weighted by Gasteiger charge is 2.33. The predicted molar refractivity (Wildman–Crippen MR) is 115 cm³/mol. The molecule has 0 spiro atoms. The number of halogens is 2. The molecule has 2 aliphatic rings. The third-order valence-corrected chi connectivity index (χ3v) is 4.45. The lowest BCUT2D eigenvalue weighted by Gasteiger charge is -2.14. The maximum Gasteiger partial charge on any atom is 0.417 e. The molecule has 2 saturated heterocycles. The lowest BCUT2D eigenvalue weighted by Crippen LogP contribution is -2.25. The van der Waals surface area contributed by atoms with E-state index in [1.807, 2.05) is 58.0 Å². The first-order valence-electron chi connectivity index (χ1n) is 10.6. The molecule has 0 aromatic heterocycles. The van der Waals surface area contributed by atoms with Crippen molar-refractivity contribution in [2.45, 2.75) is 52.7 Å². The highest BCUT2D eigenvalue weighted by molar-refractivity contribution is 5.82. The number of imide groups is 1. The van der Waals surface area contributed by atoms with Crippen molar-refractivity contribution in [1.82, 2.24) is 4.90 Å². The van der Waals surface area contributed by atoms with E-state index in [2.05, 4.69) is 0 Å². The molecule has 5 nitrogen and oxygen atoms in total. The minimum absolute atomic E-state index is 0.180. The summed E-state index contributed by atoms with van der Waals surface area (Å²) in [6, 6.07) is 12.7. The fourth-order valence-corrected chi connectivity index (χ4v) is 3.07. The topological polar surface area (TPSA) is 55.8 Å². The van der Waals surface area contributed by atoms with Crippen LogP contribution in [0.1, 0.15) is 63.8 Å². The van der Waals surface area contributed by atoms with E-state index in [-0.39, 0.29) is 18.8 Å². The number of nitrogens with zero attached hydrogens (tertiary/aromatic N) is 1. The van der Waals surface area contributed by atoms with Gasteiger partial charge in [-0.3, -0.25) is 4.79 Å². The van der Waals surface area contributed by atoms with E-state index in [0.717, 1.165) is 29.4 Å². The fraction of sp³-hybridized carbons (Fsp3) is 0.417. The summed E-state index contributed by atoms with van der Waals surface area (Å²) in [6.07, 6.45) is 1.52. The SMILES string of the molecule is CC.CC.Fc1ccc(C2CCCO2)c(F)c1.O=CN1C(=O)OCC1c1ccccc1. The number of cyclic esters (lactones) is 1. The van der Waals surface area contributed by atoms with Crippen molar-refractivity contribution in [3.63, 3.8) is 0 Å². The molecule has 2 atom stereocenters. The third kappa shape index (κ3) is 7.43. The van der Waals surface area contributed by atoms with Gasteiger partial charge in [-0.05, 0) is 24.5 Å². The molecule has 2 unspecified atom stereocenters. The lowest BCUT2D eigenvalue weighted by molar-refractivity contribution is -0.116. The number of hydrogen-bond acceptors (Lipinski definition) is 4. The predicted octanol–water partition coefficient (Wildman–Crippen LogP) is 6.21. The van der Waals surface area contributed by atoms with E-state index in [0.29, 0.717) is 18.6 Å². The van der Waals surface area contributed by atoms with Crippen LogP contribution in [0, 0.1) is 11.6 Å². The Balaban J connectivity index is 0.000000268. The summed E-state index contributed by atoms with van der Waals surface area (Å²) in [5, 5.41) is 0. The van der Waals surface area contributed by atoms with Gasteiger partial charge in [0.25, 0.3) is 0 Å². The van der Waals surface area contributed by atoms with Crippen LogP contribution in [0.3, 0.4) is 0 Å². The summed E-state index contributed by atoms with van der Waals surface area (Å²) in [5.74, 6) is -1.05. The Bertz CT molecular complexity index is 795. The van der Waals surface area contributed by atoms with Crippen LogP contribution in [0.2, 0.25) is 0 Å². The molecule has 2 aliphatic heterocycles. The largest absolute Gasteiger partial charge is 0.447 e. The number of benzene rings is 2. The van der Waals surface area contributed by atoms with Crippen LogP contribution >= 0.6 is 0 Å². The molecule has 0 bridgehead atoms. The average Bonchev–Trinajstić information content (AvgIpc) is 3.47. The smallest absolute Gasteiger partial charge is 0.417 e. The standard InChI is InChI=1S/C10H10F2O.C10H9NO3.2C2H6/c11-7-3-4-8(9(12)6-7)10-2-1-5-13-10;12-7-11-9(6-14-10(11)13)8-4-2-1-3-5-8;2*1-2/h3-4,6,10H,1-2,5H2;1-5,7,9H,6H2;2*1-2H3. The van der Waals surface area contributed by atoms with Crippen LogP contribution < -0.4 is 0 Å². The minimum Gasteiger partial charge on any atom is -0.447 e. The normalized spacial score (nSPS) is 19.0. The number of amides is 2. The van der Waals surface area contributed by atoms with E-state index in [1.165, 1.54) is 12.1 Å². The van der Waals surface area contributed by atoms with Crippen molar-refractivity contribution in [3.05, 3.63) is 71.3 Å². The number of carbonyl (C=O) groups is 2. The molecule has 2 aromatic carbocycles. The van der Waals surface area contributed by atoms with Gasteiger partial charge in [0.05, 0.1) is 6.10 Å². The number of rotatable bonds is 3. The van der Waals surface area contributed by atoms with Gasteiger partial charge in [-0.15, -0.1) is 0 Å². The molecular formula is C24H31F2NO4. The zero-order chi connectivity index (χ0) is 23.2. The molecule has 170 valence electrons.